The standard InChI is InChI=1S/C15H11Cl2NO2/c1-19-14-5-3-10(8-18)7-15(14)20-9-11-2-4-12(16)13(17)6-11/h2-7H,9H2,1H3. The first-order chi connectivity index (χ1) is 9.63. The Morgan fingerprint density at radius 1 is 1.05 bits per heavy atom. The van der Waals surface area contributed by atoms with Crippen LogP contribution in [0.5, 0.6) is 11.5 Å². The molecule has 0 spiro atoms. The molecule has 0 aromatic heterocycles. The van der Waals surface area contributed by atoms with Gasteiger partial charge < -0.3 is 9.47 Å². The van der Waals surface area contributed by atoms with Crippen LogP contribution in [-0.2, 0) is 6.61 Å². The molecule has 2 rings (SSSR count). The third kappa shape index (κ3) is 3.36. The van der Waals surface area contributed by atoms with Crippen molar-refractivity contribution in [2.75, 3.05) is 7.11 Å². The molecule has 2 aromatic carbocycles. The van der Waals surface area contributed by atoms with Gasteiger partial charge in [0.15, 0.2) is 11.5 Å². The van der Waals surface area contributed by atoms with E-state index < -0.39 is 0 Å². The first-order valence-electron chi connectivity index (χ1n) is 5.79. The fraction of sp³-hybridized carbons (Fsp3) is 0.133. The van der Waals surface area contributed by atoms with Gasteiger partial charge in [-0.1, -0.05) is 29.3 Å². The lowest BCUT2D eigenvalue weighted by Gasteiger charge is -2.11. The van der Waals surface area contributed by atoms with Crippen LogP contribution >= 0.6 is 23.2 Å². The zero-order valence-electron chi connectivity index (χ0n) is 10.7. The van der Waals surface area contributed by atoms with Gasteiger partial charge in [-0.2, -0.15) is 5.26 Å². The van der Waals surface area contributed by atoms with Crippen LogP contribution in [0.2, 0.25) is 10.0 Å². The molecule has 0 aliphatic carbocycles. The number of hydrogen-bond acceptors (Lipinski definition) is 3. The minimum absolute atomic E-state index is 0.308. The van der Waals surface area contributed by atoms with E-state index in [-0.39, 0.29) is 0 Å². The van der Waals surface area contributed by atoms with Crippen molar-refractivity contribution in [3.05, 3.63) is 57.6 Å². The molecule has 0 aliphatic heterocycles. The molecule has 0 fully saturated rings. The zero-order valence-corrected chi connectivity index (χ0v) is 12.2. The molecule has 0 unspecified atom stereocenters. The molecule has 2 aromatic rings. The van der Waals surface area contributed by atoms with E-state index in [1.165, 1.54) is 0 Å². The average Bonchev–Trinajstić information content (AvgIpc) is 2.48. The Balaban J connectivity index is 2.17. The first kappa shape index (κ1) is 14.5. The van der Waals surface area contributed by atoms with Crippen molar-refractivity contribution in [2.24, 2.45) is 0 Å². The molecule has 5 heteroatoms. The van der Waals surface area contributed by atoms with Crippen LogP contribution in [0.4, 0.5) is 0 Å². The molecule has 0 saturated heterocycles. The largest absolute Gasteiger partial charge is 0.493 e. The van der Waals surface area contributed by atoms with Gasteiger partial charge in [0.25, 0.3) is 0 Å². The van der Waals surface area contributed by atoms with Crippen molar-refractivity contribution < 1.29 is 9.47 Å². The van der Waals surface area contributed by atoms with E-state index in [1.807, 2.05) is 6.07 Å². The van der Waals surface area contributed by atoms with Crippen molar-refractivity contribution in [1.82, 2.24) is 0 Å². The number of rotatable bonds is 4. The minimum Gasteiger partial charge on any atom is -0.493 e. The van der Waals surface area contributed by atoms with Gasteiger partial charge in [-0.3, -0.25) is 0 Å². The SMILES string of the molecule is COc1ccc(C#N)cc1OCc1ccc(Cl)c(Cl)c1. The van der Waals surface area contributed by atoms with Crippen molar-refractivity contribution in [2.45, 2.75) is 6.61 Å². The molecule has 0 heterocycles. The third-order valence-corrected chi connectivity index (χ3v) is 3.41. The Labute approximate surface area is 127 Å². The van der Waals surface area contributed by atoms with Crippen LogP contribution in [0, 0.1) is 11.3 Å². The highest BCUT2D eigenvalue weighted by Crippen LogP contribution is 2.29. The summed E-state index contributed by atoms with van der Waals surface area (Å²) in [5.41, 5.74) is 1.39. The maximum absolute atomic E-state index is 8.90. The number of halogens is 2. The van der Waals surface area contributed by atoms with Gasteiger partial charge in [-0.05, 0) is 29.8 Å². The van der Waals surface area contributed by atoms with Gasteiger partial charge in [0.2, 0.25) is 0 Å². The van der Waals surface area contributed by atoms with E-state index in [9.17, 15) is 0 Å². The summed E-state index contributed by atoms with van der Waals surface area (Å²) in [6, 6.07) is 12.3. The topological polar surface area (TPSA) is 42.2 Å². The fourth-order valence-corrected chi connectivity index (χ4v) is 1.97. The van der Waals surface area contributed by atoms with Gasteiger partial charge >= 0.3 is 0 Å². The summed E-state index contributed by atoms with van der Waals surface area (Å²) in [7, 11) is 1.55. The van der Waals surface area contributed by atoms with Crippen molar-refractivity contribution >= 4 is 23.2 Å². The molecule has 0 amide bonds. The van der Waals surface area contributed by atoms with Gasteiger partial charge in [0, 0.05) is 6.07 Å². The number of benzene rings is 2. The van der Waals surface area contributed by atoms with Crippen molar-refractivity contribution in [1.29, 1.82) is 5.26 Å². The Bertz CT molecular complexity index is 665. The lowest BCUT2D eigenvalue weighted by molar-refractivity contribution is 0.284. The lowest BCUT2D eigenvalue weighted by Crippen LogP contribution is -1.98. The number of nitrogens with zero attached hydrogens (tertiary/aromatic N) is 1. The molecule has 0 radical (unpaired) electrons. The normalized spacial score (nSPS) is 9.90. The second kappa shape index (κ2) is 6.51. The molecule has 0 aliphatic rings. The van der Waals surface area contributed by atoms with E-state index in [1.54, 1.807) is 37.4 Å². The molecule has 102 valence electrons. The smallest absolute Gasteiger partial charge is 0.162 e. The van der Waals surface area contributed by atoms with E-state index >= 15 is 0 Å². The second-order valence-corrected chi connectivity index (χ2v) is 4.83. The molecule has 0 atom stereocenters. The summed E-state index contributed by atoms with van der Waals surface area (Å²) >= 11 is 11.8. The van der Waals surface area contributed by atoms with Gasteiger partial charge in [-0.25, -0.2) is 0 Å². The molecular weight excluding hydrogens is 297 g/mol. The summed E-state index contributed by atoms with van der Waals surface area (Å²) in [4.78, 5) is 0. The average molecular weight is 308 g/mol. The second-order valence-electron chi connectivity index (χ2n) is 4.01. The predicted octanol–water partition coefficient (Wildman–Crippen LogP) is 4.45. The predicted molar refractivity (Wildman–Crippen MR) is 78.5 cm³/mol. The summed E-state index contributed by atoms with van der Waals surface area (Å²) < 4.78 is 10.9. The highest BCUT2D eigenvalue weighted by Gasteiger charge is 2.07. The summed E-state index contributed by atoms with van der Waals surface area (Å²) in [6.45, 7) is 0.308. The van der Waals surface area contributed by atoms with Crippen LogP contribution in [0.25, 0.3) is 0 Å². The molecule has 20 heavy (non-hydrogen) atoms. The highest BCUT2D eigenvalue weighted by molar-refractivity contribution is 6.42. The van der Waals surface area contributed by atoms with Gasteiger partial charge in [0.1, 0.15) is 6.61 Å². The van der Waals surface area contributed by atoms with E-state index in [2.05, 4.69) is 6.07 Å². The van der Waals surface area contributed by atoms with Crippen LogP contribution in [0.1, 0.15) is 11.1 Å². The maximum atomic E-state index is 8.90. The number of nitriles is 1. The quantitative estimate of drug-likeness (QED) is 0.838. The molecule has 0 saturated carbocycles. The minimum atomic E-state index is 0.308. The summed E-state index contributed by atoms with van der Waals surface area (Å²) in [5, 5.41) is 9.88. The van der Waals surface area contributed by atoms with E-state index in [0.717, 1.165) is 5.56 Å². The van der Waals surface area contributed by atoms with Gasteiger partial charge in [-0.15, -0.1) is 0 Å². The molecule has 3 nitrogen and oxygen atoms in total. The summed E-state index contributed by atoms with van der Waals surface area (Å²) in [5.74, 6) is 1.08. The Kier molecular flexibility index (Phi) is 4.73. The van der Waals surface area contributed by atoms with E-state index in [4.69, 9.17) is 37.9 Å². The van der Waals surface area contributed by atoms with Crippen LogP contribution in [0.15, 0.2) is 36.4 Å². The Morgan fingerprint density at radius 2 is 1.85 bits per heavy atom. The highest BCUT2D eigenvalue weighted by atomic mass is 35.5. The number of methoxy groups -OCH3 is 1. The zero-order chi connectivity index (χ0) is 14.5. The van der Waals surface area contributed by atoms with Crippen LogP contribution in [0.3, 0.4) is 0 Å². The molecule has 0 bridgehead atoms. The van der Waals surface area contributed by atoms with Crippen LogP contribution in [-0.4, -0.2) is 7.11 Å². The fourth-order valence-electron chi connectivity index (χ4n) is 1.65. The third-order valence-electron chi connectivity index (χ3n) is 2.67. The summed E-state index contributed by atoms with van der Waals surface area (Å²) in [6.07, 6.45) is 0. The number of hydrogen-bond donors (Lipinski definition) is 0. The van der Waals surface area contributed by atoms with Crippen molar-refractivity contribution in [3.8, 4) is 17.6 Å². The molecule has 0 N–H and O–H groups in total. The maximum Gasteiger partial charge on any atom is 0.162 e. The van der Waals surface area contributed by atoms with Crippen molar-refractivity contribution in [3.63, 3.8) is 0 Å². The van der Waals surface area contributed by atoms with Gasteiger partial charge in [0.05, 0.1) is 28.8 Å². The lowest BCUT2D eigenvalue weighted by atomic mass is 10.2. The monoisotopic (exact) mass is 307 g/mol. The Morgan fingerprint density at radius 3 is 2.50 bits per heavy atom. The van der Waals surface area contributed by atoms with E-state index in [0.29, 0.717) is 33.7 Å². The first-order valence-corrected chi connectivity index (χ1v) is 6.54. The van der Waals surface area contributed by atoms with Crippen LogP contribution < -0.4 is 9.47 Å². The number of ether oxygens (including phenoxy) is 2. The Hall–Kier alpha value is -1.89. The molecular formula is C15H11Cl2NO2.